The Morgan fingerprint density at radius 3 is 2.26 bits per heavy atom. The predicted molar refractivity (Wildman–Crippen MR) is 126 cm³/mol. The minimum absolute atomic E-state index is 0.0363. The first-order chi connectivity index (χ1) is 16.1. The third-order valence-electron chi connectivity index (χ3n) is 5.84. The standard InChI is InChI=1S/C23H33N5O6/c1-4-12(2)19(24)22(32)28-18(11-29)21(31)26-13(3)20(30)27-17(23(33)34)9-14-10-25-16-8-6-5-7-15(14)16/h5-8,10,12-13,17-19,25,29H,4,9,11,24H2,1-3H3,(H,26,31)(H,27,30)(H,28,32)(H,33,34). The number of para-hydroxylation sites is 1. The number of benzene rings is 1. The lowest BCUT2D eigenvalue weighted by atomic mass is 9.99. The first-order valence-electron chi connectivity index (χ1n) is 11.1. The zero-order valence-corrected chi connectivity index (χ0v) is 19.5. The minimum Gasteiger partial charge on any atom is -0.480 e. The fourth-order valence-electron chi connectivity index (χ4n) is 3.37. The van der Waals surface area contributed by atoms with E-state index in [0.717, 1.165) is 16.5 Å². The van der Waals surface area contributed by atoms with Gasteiger partial charge in [-0.05, 0) is 24.5 Å². The maximum absolute atomic E-state index is 12.6. The second-order valence-corrected chi connectivity index (χ2v) is 8.35. The number of carbonyl (C=O) groups excluding carboxylic acids is 3. The molecule has 1 aromatic carbocycles. The predicted octanol–water partition coefficient (Wildman–Crippen LogP) is -0.365. The van der Waals surface area contributed by atoms with Gasteiger partial charge in [-0.15, -0.1) is 0 Å². The van der Waals surface area contributed by atoms with Crippen molar-refractivity contribution in [1.82, 2.24) is 20.9 Å². The molecule has 0 bridgehead atoms. The molecular weight excluding hydrogens is 442 g/mol. The number of H-pyrrole nitrogens is 1. The second kappa shape index (κ2) is 12.1. The van der Waals surface area contributed by atoms with Gasteiger partial charge in [-0.2, -0.15) is 0 Å². The normalized spacial score (nSPS) is 15.6. The molecule has 1 heterocycles. The number of hydrogen-bond donors (Lipinski definition) is 7. The summed E-state index contributed by atoms with van der Waals surface area (Å²) >= 11 is 0. The highest BCUT2D eigenvalue weighted by Crippen LogP contribution is 2.19. The largest absolute Gasteiger partial charge is 0.480 e. The number of amides is 3. The summed E-state index contributed by atoms with van der Waals surface area (Å²) in [5, 5.41) is 27.2. The van der Waals surface area contributed by atoms with Crippen molar-refractivity contribution in [2.24, 2.45) is 11.7 Å². The summed E-state index contributed by atoms with van der Waals surface area (Å²) in [6.45, 7) is 4.34. The molecule has 186 valence electrons. The van der Waals surface area contributed by atoms with Crippen LogP contribution >= 0.6 is 0 Å². The summed E-state index contributed by atoms with van der Waals surface area (Å²) in [5.41, 5.74) is 7.42. The first kappa shape index (κ1) is 26.8. The number of nitrogens with one attached hydrogen (secondary N) is 4. The average Bonchev–Trinajstić information content (AvgIpc) is 3.23. The number of carboxylic acid groups (broad SMARTS) is 1. The summed E-state index contributed by atoms with van der Waals surface area (Å²) < 4.78 is 0. The molecular formula is C23H33N5O6. The van der Waals surface area contributed by atoms with Crippen LogP contribution in [0.3, 0.4) is 0 Å². The van der Waals surface area contributed by atoms with Crippen molar-refractivity contribution in [2.75, 3.05) is 6.61 Å². The Bertz CT molecular complexity index is 1020. The molecule has 0 saturated carbocycles. The maximum atomic E-state index is 12.6. The molecule has 2 rings (SSSR count). The Labute approximate surface area is 197 Å². The van der Waals surface area contributed by atoms with E-state index in [1.165, 1.54) is 6.92 Å². The van der Waals surface area contributed by atoms with Gasteiger partial charge >= 0.3 is 5.97 Å². The number of aromatic nitrogens is 1. The van der Waals surface area contributed by atoms with Crippen LogP contribution in [-0.4, -0.2) is 69.7 Å². The maximum Gasteiger partial charge on any atom is 0.326 e. The van der Waals surface area contributed by atoms with Crippen LogP contribution in [0, 0.1) is 5.92 Å². The van der Waals surface area contributed by atoms with Crippen molar-refractivity contribution in [2.45, 2.75) is 57.8 Å². The third-order valence-corrected chi connectivity index (χ3v) is 5.84. The molecule has 8 N–H and O–H groups in total. The van der Waals surface area contributed by atoms with E-state index < -0.39 is 54.5 Å². The SMILES string of the molecule is CCC(C)C(N)C(=O)NC(CO)C(=O)NC(C)C(=O)NC(Cc1c[nH]c2ccccc12)C(=O)O. The van der Waals surface area contributed by atoms with Gasteiger partial charge in [0.2, 0.25) is 17.7 Å². The van der Waals surface area contributed by atoms with Crippen molar-refractivity contribution in [3.63, 3.8) is 0 Å². The van der Waals surface area contributed by atoms with E-state index in [1.807, 2.05) is 31.2 Å². The van der Waals surface area contributed by atoms with E-state index >= 15 is 0 Å². The quantitative estimate of drug-likeness (QED) is 0.218. The topological polar surface area (TPSA) is 187 Å². The Hall–Kier alpha value is -3.44. The number of fused-ring (bicyclic) bond motifs is 1. The molecule has 34 heavy (non-hydrogen) atoms. The van der Waals surface area contributed by atoms with Gasteiger partial charge in [0.25, 0.3) is 0 Å². The van der Waals surface area contributed by atoms with Crippen molar-refractivity contribution in [1.29, 1.82) is 0 Å². The molecule has 3 amide bonds. The highest BCUT2D eigenvalue weighted by molar-refractivity contribution is 5.94. The number of aliphatic hydroxyl groups excluding tert-OH is 1. The Balaban J connectivity index is 1.98. The number of rotatable bonds is 12. The number of hydrogen-bond acceptors (Lipinski definition) is 6. The molecule has 0 fully saturated rings. The van der Waals surface area contributed by atoms with Gasteiger partial charge in [-0.3, -0.25) is 14.4 Å². The zero-order chi connectivity index (χ0) is 25.4. The molecule has 5 unspecified atom stereocenters. The van der Waals surface area contributed by atoms with Crippen LogP contribution in [0.25, 0.3) is 10.9 Å². The monoisotopic (exact) mass is 475 g/mol. The lowest BCUT2D eigenvalue weighted by Crippen LogP contribution is -2.58. The van der Waals surface area contributed by atoms with Crippen molar-refractivity contribution in [3.05, 3.63) is 36.0 Å². The summed E-state index contributed by atoms with van der Waals surface area (Å²) in [7, 11) is 0. The van der Waals surface area contributed by atoms with Crippen LogP contribution in [0.1, 0.15) is 32.8 Å². The van der Waals surface area contributed by atoms with Crippen LogP contribution in [0.2, 0.25) is 0 Å². The van der Waals surface area contributed by atoms with Gasteiger partial charge in [0.05, 0.1) is 12.6 Å². The summed E-state index contributed by atoms with van der Waals surface area (Å²) in [6, 6.07) is 2.88. The van der Waals surface area contributed by atoms with Gasteiger partial charge < -0.3 is 36.9 Å². The molecule has 0 saturated heterocycles. The molecule has 5 atom stereocenters. The molecule has 0 aliphatic carbocycles. The van der Waals surface area contributed by atoms with Crippen LogP contribution in [0.15, 0.2) is 30.5 Å². The van der Waals surface area contributed by atoms with Gasteiger partial charge in [0, 0.05) is 23.5 Å². The molecule has 0 spiro atoms. The second-order valence-electron chi connectivity index (χ2n) is 8.35. The molecule has 0 aliphatic heterocycles. The fourth-order valence-corrected chi connectivity index (χ4v) is 3.37. The van der Waals surface area contributed by atoms with E-state index in [1.54, 1.807) is 13.1 Å². The van der Waals surface area contributed by atoms with Crippen LogP contribution in [0.4, 0.5) is 0 Å². The number of aliphatic hydroxyl groups is 1. The van der Waals surface area contributed by atoms with Gasteiger partial charge in [0.1, 0.15) is 18.1 Å². The Morgan fingerprint density at radius 2 is 1.65 bits per heavy atom. The van der Waals surface area contributed by atoms with E-state index in [4.69, 9.17) is 5.73 Å². The van der Waals surface area contributed by atoms with Crippen LogP contribution in [-0.2, 0) is 25.6 Å². The van der Waals surface area contributed by atoms with E-state index in [9.17, 15) is 29.4 Å². The summed E-state index contributed by atoms with van der Waals surface area (Å²) in [4.78, 5) is 52.1. The van der Waals surface area contributed by atoms with Gasteiger partial charge in [-0.1, -0.05) is 38.5 Å². The molecule has 11 nitrogen and oxygen atoms in total. The first-order valence-corrected chi connectivity index (χ1v) is 11.1. The zero-order valence-electron chi connectivity index (χ0n) is 19.5. The molecule has 11 heteroatoms. The van der Waals surface area contributed by atoms with Crippen molar-refractivity contribution >= 4 is 34.6 Å². The van der Waals surface area contributed by atoms with E-state index in [-0.39, 0.29) is 12.3 Å². The number of aliphatic carboxylic acids is 1. The van der Waals surface area contributed by atoms with Crippen molar-refractivity contribution in [3.8, 4) is 0 Å². The Kier molecular flexibility index (Phi) is 9.58. The van der Waals surface area contributed by atoms with Gasteiger partial charge in [0.15, 0.2) is 0 Å². The summed E-state index contributed by atoms with van der Waals surface area (Å²) in [5.74, 6) is -3.46. The van der Waals surface area contributed by atoms with Crippen molar-refractivity contribution < 1.29 is 29.4 Å². The van der Waals surface area contributed by atoms with E-state index in [2.05, 4.69) is 20.9 Å². The van der Waals surface area contributed by atoms with Crippen LogP contribution < -0.4 is 21.7 Å². The number of nitrogens with two attached hydrogens (primary N) is 1. The number of carboxylic acids is 1. The molecule has 2 aromatic rings. The fraction of sp³-hybridized carbons (Fsp3) is 0.478. The highest BCUT2D eigenvalue weighted by Gasteiger charge is 2.29. The molecule has 1 aromatic heterocycles. The lowest BCUT2D eigenvalue weighted by molar-refractivity contribution is -0.142. The van der Waals surface area contributed by atoms with Gasteiger partial charge in [-0.25, -0.2) is 4.79 Å². The third kappa shape index (κ3) is 6.78. The van der Waals surface area contributed by atoms with Crippen LogP contribution in [0.5, 0.6) is 0 Å². The number of carbonyl (C=O) groups is 4. The highest BCUT2D eigenvalue weighted by atomic mass is 16.4. The lowest BCUT2D eigenvalue weighted by Gasteiger charge is -2.23. The van der Waals surface area contributed by atoms with E-state index in [0.29, 0.717) is 6.42 Å². The summed E-state index contributed by atoms with van der Waals surface area (Å²) in [6.07, 6.45) is 2.39. The average molecular weight is 476 g/mol. The Morgan fingerprint density at radius 1 is 1.00 bits per heavy atom. The molecule has 0 radical (unpaired) electrons. The molecule has 0 aliphatic rings. The number of aromatic amines is 1. The smallest absolute Gasteiger partial charge is 0.326 e. The minimum atomic E-state index is -1.31.